The zero-order valence-electron chi connectivity index (χ0n) is 34.5. The first-order valence-corrected chi connectivity index (χ1v) is 22.4. The third-order valence-electron chi connectivity index (χ3n) is 13.0. The number of pyridine rings is 4. The van der Waals surface area contributed by atoms with Crippen LogP contribution in [0.3, 0.4) is 0 Å². The lowest BCUT2D eigenvalue weighted by Crippen LogP contribution is -2.32. The van der Waals surface area contributed by atoms with Crippen LogP contribution in [-0.4, -0.2) is 19.9 Å². The van der Waals surface area contributed by atoms with Crippen molar-refractivity contribution in [3.05, 3.63) is 241 Å². The Morgan fingerprint density at radius 1 is 0.328 bits per heavy atom. The third-order valence-corrected chi connectivity index (χ3v) is 14.2. The van der Waals surface area contributed by atoms with Crippen molar-refractivity contribution in [3.8, 4) is 67.4 Å². The van der Waals surface area contributed by atoms with Crippen molar-refractivity contribution < 1.29 is 0 Å². The molecule has 4 nitrogen and oxygen atoms in total. The van der Waals surface area contributed by atoms with Crippen molar-refractivity contribution in [1.82, 2.24) is 19.9 Å². The topological polar surface area (TPSA) is 51.6 Å². The predicted octanol–water partition coefficient (Wildman–Crippen LogP) is 14.7. The number of para-hydroxylation sites is 1. The maximum absolute atomic E-state index is 5.32. The van der Waals surface area contributed by atoms with Crippen LogP contribution in [0.2, 0.25) is 0 Å². The second kappa shape index (κ2) is 14.6. The van der Waals surface area contributed by atoms with Crippen molar-refractivity contribution in [2.75, 3.05) is 0 Å². The molecule has 5 heteroatoms. The second-order valence-corrected chi connectivity index (χ2v) is 17.6. The van der Waals surface area contributed by atoms with Crippen LogP contribution in [0.4, 0.5) is 0 Å². The summed E-state index contributed by atoms with van der Waals surface area (Å²) in [6, 6.07) is 74.4. The molecule has 13 rings (SSSR count). The fourth-order valence-electron chi connectivity index (χ4n) is 10.2. The summed E-state index contributed by atoms with van der Waals surface area (Å²) >= 11 is 1.88. The van der Waals surface area contributed by atoms with Gasteiger partial charge in [0.15, 0.2) is 0 Å². The number of hydrogen-bond donors (Lipinski definition) is 0. The highest BCUT2D eigenvalue weighted by Gasteiger charge is 2.50. The van der Waals surface area contributed by atoms with Crippen LogP contribution >= 0.6 is 11.8 Å². The lowest BCUT2D eigenvalue weighted by Gasteiger charge is -2.40. The highest BCUT2D eigenvalue weighted by molar-refractivity contribution is 7.99. The molecular weight excluding hydrogens is 797 g/mol. The van der Waals surface area contributed by atoms with Crippen LogP contribution < -0.4 is 0 Å². The lowest BCUT2D eigenvalue weighted by atomic mass is 9.66. The van der Waals surface area contributed by atoms with Gasteiger partial charge in [-0.05, 0) is 128 Å². The Balaban J connectivity index is 1.00. The minimum absolute atomic E-state index is 0.550. The minimum atomic E-state index is -0.550. The molecule has 0 atom stereocenters. The van der Waals surface area contributed by atoms with Gasteiger partial charge in [-0.15, -0.1) is 0 Å². The van der Waals surface area contributed by atoms with Crippen molar-refractivity contribution >= 4 is 33.4 Å². The average molecular weight is 833 g/mol. The van der Waals surface area contributed by atoms with E-state index < -0.39 is 5.41 Å². The largest absolute Gasteiger partial charge is 0.255 e. The van der Waals surface area contributed by atoms with Gasteiger partial charge in [-0.3, -0.25) is 9.97 Å². The zero-order chi connectivity index (χ0) is 42.2. The van der Waals surface area contributed by atoms with E-state index in [1.165, 1.54) is 59.5 Å². The molecule has 1 aliphatic carbocycles. The first-order chi connectivity index (χ1) is 31.7. The molecule has 0 bridgehead atoms. The quantitative estimate of drug-likeness (QED) is 0.162. The first-order valence-electron chi connectivity index (χ1n) is 21.6. The molecule has 298 valence electrons. The van der Waals surface area contributed by atoms with Gasteiger partial charge in [0.05, 0.1) is 39.4 Å². The molecule has 1 spiro atoms. The SMILES string of the molecule is c1ccc(-c2nc3ccccc3c3cc4c(cc23)Sc2ccc(-c3ccc(-c5cc(-c6ccccn6)nc(-c6ccccn6)c5)cc3)cc2C42c3ccccc3-c3ccccc32)cc1. The van der Waals surface area contributed by atoms with Gasteiger partial charge in [0.1, 0.15) is 0 Å². The summed E-state index contributed by atoms with van der Waals surface area (Å²) in [5, 5.41) is 3.54. The first kappa shape index (κ1) is 36.6. The van der Waals surface area contributed by atoms with Gasteiger partial charge in [0, 0.05) is 38.5 Å². The van der Waals surface area contributed by atoms with Gasteiger partial charge >= 0.3 is 0 Å². The molecule has 0 amide bonds. The van der Waals surface area contributed by atoms with Gasteiger partial charge in [0.2, 0.25) is 0 Å². The summed E-state index contributed by atoms with van der Waals surface area (Å²) in [7, 11) is 0. The molecule has 5 heterocycles. The number of nitrogens with zero attached hydrogens (tertiary/aromatic N) is 4. The molecule has 2 aliphatic rings. The average Bonchev–Trinajstić information content (AvgIpc) is 3.67. The van der Waals surface area contributed by atoms with Gasteiger partial charge in [0.25, 0.3) is 0 Å². The number of aromatic nitrogens is 4. The van der Waals surface area contributed by atoms with E-state index in [2.05, 4.69) is 180 Å². The summed E-state index contributed by atoms with van der Waals surface area (Å²) in [5.74, 6) is 0. The molecule has 0 radical (unpaired) electrons. The Morgan fingerprint density at radius 2 is 0.906 bits per heavy atom. The zero-order valence-corrected chi connectivity index (χ0v) is 35.3. The smallest absolute Gasteiger partial charge is 0.0900 e. The van der Waals surface area contributed by atoms with E-state index in [4.69, 9.17) is 9.97 Å². The van der Waals surface area contributed by atoms with Crippen molar-refractivity contribution in [1.29, 1.82) is 0 Å². The van der Waals surface area contributed by atoms with Crippen LogP contribution in [-0.2, 0) is 5.41 Å². The van der Waals surface area contributed by atoms with Crippen molar-refractivity contribution in [3.63, 3.8) is 0 Å². The van der Waals surface area contributed by atoms with Crippen molar-refractivity contribution in [2.24, 2.45) is 0 Å². The number of fused-ring (bicyclic) bond motifs is 12. The van der Waals surface area contributed by atoms with Gasteiger partial charge in [-0.1, -0.05) is 151 Å². The molecule has 0 N–H and O–H groups in total. The molecule has 0 saturated heterocycles. The van der Waals surface area contributed by atoms with Gasteiger partial charge < -0.3 is 0 Å². The van der Waals surface area contributed by atoms with Crippen LogP contribution in [0.15, 0.2) is 228 Å². The standard InChI is InChI=1S/C59H36N4S/c1-2-14-39(15-3-1)58-46-36-57-50(35-45(46)44-18-6-9-21-51(44)63-58)59(47-19-7-4-16-42(47)43-17-5-8-20-48(43)59)49-32-40(28-29-56(49)64-57)37-24-26-38(27-25-37)41-33-54(52-22-10-12-30-60-52)62-55(34-41)53-23-11-13-31-61-53/h1-36H. The second-order valence-electron chi connectivity index (χ2n) is 16.5. The Bertz CT molecular complexity index is 3520. The number of benzene rings is 7. The van der Waals surface area contributed by atoms with Crippen LogP contribution in [0.25, 0.3) is 89.1 Å². The van der Waals surface area contributed by atoms with Crippen LogP contribution in [0, 0.1) is 0 Å². The molecular formula is C59H36N4S. The van der Waals surface area contributed by atoms with E-state index in [1.807, 2.05) is 60.6 Å². The fraction of sp³-hybridized carbons (Fsp3) is 0.0169. The highest BCUT2D eigenvalue weighted by Crippen LogP contribution is 2.63. The molecule has 0 saturated carbocycles. The summed E-state index contributed by atoms with van der Waals surface area (Å²) in [6.45, 7) is 0. The molecule has 0 unspecified atom stereocenters. The summed E-state index contributed by atoms with van der Waals surface area (Å²) in [6.07, 6.45) is 3.62. The molecule has 0 fully saturated rings. The summed E-state index contributed by atoms with van der Waals surface area (Å²) < 4.78 is 0. The van der Waals surface area contributed by atoms with Crippen LogP contribution in [0.1, 0.15) is 22.3 Å². The summed E-state index contributed by atoms with van der Waals surface area (Å²) in [4.78, 5) is 22.1. The van der Waals surface area contributed by atoms with E-state index in [9.17, 15) is 0 Å². The van der Waals surface area contributed by atoms with E-state index >= 15 is 0 Å². The molecule has 7 aromatic carbocycles. The number of rotatable bonds is 5. The Labute approximate surface area is 375 Å². The number of hydrogen-bond acceptors (Lipinski definition) is 5. The molecule has 64 heavy (non-hydrogen) atoms. The Kier molecular flexibility index (Phi) is 8.33. The maximum atomic E-state index is 5.32. The Morgan fingerprint density at radius 3 is 1.58 bits per heavy atom. The molecule has 1 aliphatic heterocycles. The van der Waals surface area contributed by atoms with E-state index in [0.717, 1.165) is 61.6 Å². The van der Waals surface area contributed by atoms with Crippen molar-refractivity contribution in [2.45, 2.75) is 15.2 Å². The maximum Gasteiger partial charge on any atom is 0.0900 e. The van der Waals surface area contributed by atoms with Gasteiger partial charge in [-0.2, -0.15) is 0 Å². The molecule has 11 aromatic rings. The summed E-state index contributed by atoms with van der Waals surface area (Å²) in [5.41, 5.74) is 18.2. The van der Waals surface area contributed by atoms with Gasteiger partial charge in [-0.25, -0.2) is 9.97 Å². The third kappa shape index (κ3) is 5.64. The van der Waals surface area contributed by atoms with Crippen LogP contribution in [0.5, 0.6) is 0 Å². The Hall–Kier alpha value is -7.99. The monoisotopic (exact) mass is 832 g/mol. The molecule has 4 aromatic heterocycles. The van der Waals surface area contributed by atoms with E-state index in [1.54, 1.807) is 0 Å². The van der Waals surface area contributed by atoms with E-state index in [0.29, 0.717) is 0 Å². The fourth-order valence-corrected chi connectivity index (χ4v) is 11.4. The minimum Gasteiger partial charge on any atom is -0.255 e. The predicted molar refractivity (Wildman–Crippen MR) is 261 cm³/mol. The normalized spacial score (nSPS) is 13.1. The highest BCUT2D eigenvalue weighted by atomic mass is 32.2. The lowest BCUT2D eigenvalue weighted by molar-refractivity contribution is 0.724. The van der Waals surface area contributed by atoms with E-state index in [-0.39, 0.29) is 0 Å².